The van der Waals surface area contributed by atoms with E-state index in [0.717, 1.165) is 154 Å². The topological polar surface area (TPSA) is 175 Å². The molecule has 0 spiro atoms. The van der Waals surface area contributed by atoms with Crippen LogP contribution in [0.1, 0.15) is 265 Å². The lowest BCUT2D eigenvalue weighted by Gasteiger charge is -2.41. The number of esters is 1. The van der Waals surface area contributed by atoms with Gasteiger partial charge in [-0.1, -0.05) is 282 Å². The minimum Gasteiger partial charge on any atom is -0.454 e. The molecule has 1 amide bonds. The van der Waals surface area contributed by atoms with Crippen molar-refractivity contribution in [3.63, 3.8) is 0 Å². The van der Waals surface area contributed by atoms with E-state index in [1.54, 1.807) is 6.08 Å². The van der Waals surface area contributed by atoms with Crippen molar-refractivity contribution >= 4 is 11.9 Å². The largest absolute Gasteiger partial charge is 0.454 e. The van der Waals surface area contributed by atoms with Gasteiger partial charge < -0.3 is 45.1 Å². The number of hydrogen-bond acceptors (Lipinski definition) is 10. The molecule has 1 aliphatic heterocycles. The van der Waals surface area contributed by atoms with Gasteiger partial charge in [-0.3, -0.25) is 9.59 Å². The first-order chi connectivity index (χ1) is 43.2. The highest BCUT2D eigenvalue weighted by Gasteiger charge is 2.47. The van der Waals surface area contributed by atoms with Crippen molar-refractivity contribution in [3.8, 4) is 0 Å². The molecule has 0 radical (unpaired) electrons. The fourth-order valence-electron chi connectivity index (χ4n) is 10.0. The van der Waals surface area contributed by atoms with Crippen LogP contribution in [0.5, 0.6) is 0 Å². The van der Waals surface area contributed by atoms with Gasteiger partial charge in [-0.15, -0.1) is 0 Å². The summed E-state index contributed by atoms with van der Waals surface area (Å²) < 4.78 is 17.7. The molecule has 0 aromatic rings. The van der Waals surface area contributed by atoms with E-state index < -0.39 is 67.4 Å². The Hall–Kier alpha value is -4.46. The zero-order valence-corrected chi connectivity index (χ0v) is 55.5. The zero-order valence-electron chi connectivity index (χ0n) is 55.5. The van der Waals surface area contributed by atoms with Crippen LogP contribution in [0.25, 0.3) is 0 Å². The number of aliphatic hydroxyl groups is 5. The lowest BCUT2D eigenvalue weighted by molar-refractivity contribution is -0.305. The third-order valence-corrected chi connectivity index (χ3v) is 15.5. The van der Waals surface area contributed by atoms with Crippen LogP contribution < -0.4 is 5.32 Å². The monoisotopic (exact) mass is 1230 g/mol. The number of carbonyl (C=O) groups is 2. The summed E-state index contributed by atoms with van der Waals surface area (Å²) in [6.45, 7) is 5.55. The number of aliphatic hydroxyl groups excluding tert-OH is 5. The van der Waals surface area contributed by atoms with Gasteiger partial charge >= 0.3 is 5.97 Å². The normalized spacial score (nSPS) is 19.1. The molecule has 88 heavy (non-hydrogen) atoms. The first kappa shape index (κ1) is 81.6. The van der Waals surface area contributed by atoms with Crippen LogP contribution in [-0.4, -0.2) is 99.6 Å². The Morgan fingerprint density at radius 3 is 1.23 bits per heavy atom. The smallest absolute Gasteiger partial charge is 0.306 e. The highest BCUT2D eigenvalue weighted by atomic mass is 16.7. The molecule has 1 saturated heterocycles. The van der Waals surface area contributed by atoms with E-state index in [4.69, 9.17) is 14.2 Å². The predicted molar refractivity (Wildman–Crippen MR) is 370 cm³/mol. The molecule has 1 aliphatic rings. The van der Waals surface area contributed by atoms with E-state index >= 15 is 0 Å². The Bertz CT molecular complexity index is 1990. The third kappa shape index (κ3) is 49.3. The average Bonchev–Trinajstić information content (AvgIpc) is 2.54. The molecule has 1 fully saturated rings. The van der Waals surface area contributed by atoms with E-state index in [1.165, 1.54) is 64.2 Å². The molecule has 500 valence electrons. The summed E-state index contributed by atoms with van der Waals surface area (Å²) in [7, 11) is 0. The average molecular weight is 1230 g/mol. The van der Waals surface area contributed by atoms with Crippen LogP contribution in [-0.2, 0) is 23.8 Å². The van der Waals surface area contributed by atoms with Crippen molar-refractivity contribution in [3.05, 3.63) is 146 Å². The Kier molecular flexibility index (Phi) is 58.1. The fourth-order valence-corrected chi connectivity index (χ4v) is 10.0. The number of hydrogen-bond donors (Lipinski definition) is 6. The Labute approximate surface area is 536 Å². The second-order valence-electron chi connectivity index (χ2n) is 23.5. The van der Waals surface area contributed by atoms with Crippen LogP contribution in [0.4, 0.5) is 0 Å². The lowest BCUT2D eigenvalue weighted by Crippen LogP contribution is -2.61. The maximum Gasteiger partial charge on any atom is 0.306 e. The van der Waals surface area contributed by atoms with Crippen molar-refractivity contribution in [2.24, 2.45) is 0 Å². The van der Waals surface area contributed by atoms with Gasteiger partial charge in [0.05, 0.1) is 25.4 Å². The van der Waals surface area contributed by atoms with Gasteiger partial charge in [0, 0.05) is 6.42 Å². The molecule has 11 heteroatoms. The van der Waals surface area contributed by atoms with Gasteiger partial charge in [0.2, 0.25) is 5.91 Å². The second kappa shape index (κ2) is 62.7. The summed E-state index contributed by atoms with van der Waals surface area (Å²) >= 11 is 0. The zero-order chi connectivity index (χ0) is 63.9. The van der Waals surface area contributed by atoms with Gasteiger partial charge in [-0.2, -0.15) is 0 Å². The van der Waals surface area contributed by atoms with Gasteiger partial charge in [0.15, 0.2) is 12.4 Å². The molecule has 8 atom stereocenters. The molecule has 8 unspecified atom stereocenters. The van der Waals surface area contributed by atoms with Crippen molar-refractivity contribution < 1.29 is 49.3 Å². The molecule has 1 heterocycles. The minimum atomic E-state index is -1.64. The predicted octanol–water partition coefficient (Wildman–Crippen LogP) is 18.1. The maximum atomic E-state index is 13.5. The van der Waals surface area contributed by atoms with Gasteiger partial charge in [0.25, 0.3) is 0 Å². The number of ether oxygens (including phenoxy) is 3. The van der Waals surface area contributed by atoms with E-state index in [9.17, 15) is 35.1 Å². The molecule has 1 rings (SSSR count). The van der Waals surface area contributed by atoms with Crippen molar-refractivity contribution in [1.82, 2.24) is 5.32 Å². The van der Waals surface area contributed by atoms with Crippen molar-refractivity contribution in [2.45, 2.75) is 314 Å². The van der Waals surface area contributed by atoms with E-state index in [-0.39, 0.29) is 19.4 Å². The summed E-state index contributed by atoms with van der Waals surface area (Å²) in [4.78, 5) is 26.7. The van der Waals surface area contributed by atoms with E-state index in [1.807, 2.05) is 6.08 Å². The summed E-state index contributed by atoms with van der Waals surface area (Å²) in [5.41, 5.74) is 0. The number of nitrogens with one attached hydrogen (secondary N) is 1. The van der Waals surface area contributed by atoms with Crippen LogP contribution in [0.2, 0.25) is 0 Å². The highest BCUT2D eigenvalue weighted by molar-refractivity contribution is 5.80. The molecule has 0 saturated carbocycles. The summed E-state index contributed by atoms with van der Waals surface area (Å²) in [6.07, 6.45) is 80.2. The number of rotatable bonds is 58. The van der Waals surface area contributed by atoms with Gasteiger partial charge in [-0.25, -0.2) is 0 Å². The quantitative estimate of drug-likeness (QED) is 0.0195. The lowest BCUT2D eigenvalue weighted by atomic mass is 9.99. The van der Waals surface area contributed by atoms with Gasteiger partial charge in [-0.05, 0) is 122 Å². The van der Waals surface area contributed by atoms with Crippen LogP contribution in [0.3, 0.4) is 0 Å². The number of carbonyl (C=O) groups excluding carboxylic acids is 2. The Morgan fingerprint density at radius 1 is 0.455 bits per heavy atom. The maximum absolute atomic E-state index is 13.5. The molecule has 11 nitrogen and oxygen atoms in total. The molecule has 0 aliphatic carbocycles. The summed E-state index contributed by atoms with van der Waals surface area (Å²) in [5, 5.41) is 57.2. The van der Waals surface area contributed by atoms with E-state index in [0.29, 0.717) is 12.8 Å². The Morgan fingerprint density at radius 2 is 0.818 bits per heavy atom. The first-order valence-corrected chi connectivity index (χ1v) is 35.1. The standard InChI is InChI=1S/C77H127NO10/c1-4-7-10-13-16-19-22-25-27-29-31-33-35-37-38-40-42-44-46-49-52-55-58-61-64-70(81)76(85)78-68(69(80)63-60-57-54-51-48-24-21-18-15-12-9-6-3)67-86-77-75(74(84)73(83)71(66-79)87-77)88-72(82)65-62-59-56-53-50-47-45-43-41-39-36-34-32-30-28-26-23-20-17-14-11-8-5-2/h7-8,10-11,16-17,19-20,25-28,31-34,37-39,41,45,47,60,63,68-71,73-75,77,79-81,83-84H,4-6,9,12-15,18,21-24,29-30,35-36,40,42-44,46,48-59,61-62,64-67H2,1-3H3,(H,78,85)/b10-7-,11-8-,19-16-,20-17-,27-25-,28-26-,33-31-,34-32-,38-37-,41-39-,47-45-,63-60+. The number of unbranched alkanes of at least 4 members (excludes halogenated alkanes) is 22. The molecule has 0 bridgehead atoms. The van der Waals surface area contributed by atoms with Crippen LogP contribution >= 0.6 is 0 Å². The Balaban J connectivity index is 2.62. The number of amides is 1. The van der Waals surface area contributed by atoms with Crippen LogP contribution in [0.15, 0.2) is 146 Å². The second-order valence-corrected chi connectivity index (χ2v) is 23.5. The van der Waals surface area contributed by atoms with E-state index in [2.05, 4.69) is 160 Å². The molecular formula is C77H127NO10. The molecular weight excluding hydrogens is 1100 g/mol. The molecule has 6 N–H and O–H groups in total. The summed E-state index contributed by atoms with van der Waals surface area (Å²) in [6, 6.07) is -1.04. The van der Waals surface area contributed by atoms with Gasteiger partial charge in [0.1, 0.15) is 24.4 Å². The fraction of sp³-hybridized carbons (Fsp3) is 0.662. The molecule has 0 aromatic carbocycles. The number of allylic oxidation sites excluding steroid dienone is 23. The first-order valence-electron chi connectivity index (χ1n) is 35.1. The SMILES string of the molecule is CC/C=C\C/C=C\C/C=C\C/C=C\C/C=C\C/C=C\CCCCCCC(=O)OC1C(OCC(NC(=O)C(O)CCCCCCCCCC/C=C\C/C=C\C/C=C\C/C=C\C/C=C\CC)C(O)/C=C/CCCCCCCCCCCC)OC(CO)C(O)C1O. The summed E-state index contributed by atoms with van der Waals surface area (Å²) in [5.74, 6) is -1.24. The third-order valence-electron chi connectivity index (χ3n) is 15.5. The van der Waals surface area contributed by atoms with Crippen LogP contribution in [0, 0.1) is 0 Å². The van der Waals surface area contributed by atoms with Crippen molar-refractivity contribution in [2.75, 3.05) is 13.2 Å². The van der Waals surface area contributed by atoms with Crippen molar-refractivity contribution in [1.29, 1.82) is 0 Å². The highest BCUT2D eigenvalue weighted by Crippen LogP contribution is 2.26. The molecule has 0 aromatic heterocycles. The minimum absolute atomic E-state index is 0.0848.